The summed E-state index contributed by atoms with van der Waals surface area (Å²) in [5.74, 6) is 0.931. The van der Waals surface area contributed by atoms with E-state index in [0.29, 0.717) is 0 Å². The number of nitrogens with two attached hydrogens (primary N) is 1. The number of piperidine rings is 1. The van der Waals surface area contributed by atoms with E-state index >= 15 is 0 Å². The summed E-state index contributed by atoms with van der Waals surface area (Å²) in [6.45, 7) is 6.37. The van der Waals surface area contributed by atoms with Crippen LogP contribution in [0.4, 0.5) is 5.69 Å². The molecule has 2 heterocycles. The molecule has 20 heavy (non-hydrogen) atoms. The molecule has 0 unspecified atom stereocenters. The second-order valence-electron chi connectivity index (χ2n) is 6.65. The average molecular weight is 273 g/mol. The van der Waals surface area contributed by atoms with Gasteiger partial charge in [0.25, 0.3) is 0 Å². The van der Waals surface area contributed by atoms with Crippen LogP contribution in [0.25, 0.3) is 0 Å². The number of hydrogen-bond donors (Lipinski definition) is 1. The third-order valence-corrected chi connectivity index (χ3v) is 5.39. The minimum absolute atomic E-state index is 0.793. The van der Waals surface area contributed by atoms with Crippen LogP contribution in [-0.4, -0.2) is 22.5 Å². The second-order valence-corrected chi connectivity index (χ2v) is 6.65. The van der Waals surface area contributed by atoms with Crippen molar-refractivity contribution in [2.45, 2.75) is 65.0 Å². The molecule has 0 radical (unpaired) electrons. The van der Waals surface area contributed by atoms with Gasteiger partial charge >= 0.3 is 0 Å². The van der Waals surface area contributed by atoms with Crippen molar-refractivity contribution in [3.63, 3.8) is 0 Å². The predicted octanol–water partition coefficient (Wildman–Crippen LogP) is 3.44. The summed E-state index contributed by atoms with van der Waals surface area (Å²) < 4.78 is 0. The van der Waals surface area contributed by atoms with Crippen molar-refractivity contribution in [2.75, 3.05) is 12.3 Å². The molecule has 2 fully saturated rings. The zero-order chi connectivity index (χ0) is 14.1. The third kappa shape index (κ3) is 2.56. The second kappa shape index (κ2) is 5.72. The quantitative estimate of drug-likeness (QED) is 0.897. The van der Waals surface area contributed by atoms with E-state index in [9.17, 15) is 0 Å². The van der Waals surface area contributed by atoms with E-state index < -0.39 is 0 Å². The summed E-state index contributed by atoms with van der Waals surface area (Å²) in [6, 6.07) is 0.793. The molecular weight excluding hydrogens is 246 g/mol. The molecule has 0 aromatic carbocycles. The van der Waals surface area contributed by atoms with E-state index in [1.165, 1.54) is 56.3 Å². The standard InChI is InChI=1S/C17H27N3/c1-12-10-19-15(13(2)17(12)18)11-20-9-5-7-14-6-3-4-8-16(14)20/h10,14,16H,3-9,11H2,1-2H3,(H2,18,19)/t14-,16-/m1/s1. The Kier molecular flexibility index (Phi) is 3.97. The highest BCUT2D eigenvalue weighted by molar-refractivity contribution is 5.53. The Morgan fingerprint density at radius 3 is 2.80 bits per heavy atom. The van der Waals surface area contributed by atoms with Gasteiger partial charge in [0, 0.05) is 24.5 Å². The van der Waals surface area contributed by atoms with Gasteiger partial charge in [-0.2, -0.15) is 0 Å². The number of aromatic nitrogens is 1. The lowest BCUT2D eigenvalue weighted by Gasteiger charge is -2.44. The molecule has 110 valence electrons. The molecule has 3 rings (SSSR count). The van der Waals surface area contributed by atoms with Crippen LogP contribution in [0.5, 0.6) is 0 Å². The lowest BCUT2D eigenvalue weighted by Crippen LogP contribution is -2.46. The molecular formula is C17H27N3. The van der Waals surface area contributed by atoms with Crippen molar-refractivity contribution in [3.8, 4) is 0 Å². The fraction of sp³-hybridized carbons (Fsp3) is 0.706. The lowest BCUT2D eigenvalue weighted by atomic mass is 9.78. The van der Waals surface area contributed by atoms with Crippen LogP contribution in [0.3, 0.4) is 0 Å². The number of pyridine rings is 1. The van der Waals surface area contributed by atoms with Crippen LogP contribution in [-0.2, 0) is 6.54 Å². The normalized spacial score (nSPS) is 27.3. The third-order valence-electron chi connectivity index (χ3n) is 5.39. The first-order chi connectivity index (χ1) is 9.66. The Balaban J connectivity index is 1.78. The summed E-state index contributed by atoms with van der Waals surface area (Å²) >= 11 is 0. The maximum absolute atomic E-state index is 6.16. The van der Waals surface area contributed by atoms with E-state index in [1.807, 2.05) is 13.1 Å². The van der Waals surface area contributed by atoms with Crippen LogP contribution in [0.1, 0.15) is 55.3 Å². The average Bonchev–Trinajstić information content (AvgIpc) is 2.48. The van der Waals surface area contributed by atoms with Crippen molar-refractivity contribution >= 4 is 5.69 Å². The fourth-order valence-electron chi connectivity index (χ4n) is 4.07. The van der Waals surface area contributed by atoms with Crippen molar-refractivity contribution in [1.82, 2.24) is 9.88 Å². The van der Waals surface area contributed by atoms with Crippen molar-refractivity contribution < 1.29 is 0 Å². The van der Waals surface area contributed by atoms with E-state index in [2.05, 4.69) is 16.8 Å². The molecule has 1 aliphatic heterocycles. The Morgan fingerprint density at radius 1 is 1.20 bits per heavy atom. The van der Waals surface area contributed by atoms with Crippen LogP contribution in [0.15, 0.2) is 6.20 Å². The SMILES string of the molecule is Cc1cnc(CN2CCC[C@H]3CCCC[C@H]32)c(C)c1N. The summed E-state index contributed by atoms with van der Waals surface area (Å²) in [6.07, 6.45) is 10.4. The summed E-state index contributed by atoms with van der Waals surface area (Å²) in [7, 11) is 0. The maximum Gasteiger partial charge on any atom is 0.0593 e. The number of rotatable bonds is 2. The zero-order valence-electron chi connectivity index (χ0n) is 12.9. The minimum atomic E-state index is 0.793. The van der Waals surface area contributed by atoms with Gasteiger partial charge in [-0.3, -0.25) is 9.88 Å². The van der Waals surface area contributed by atoms with E-state index in [-0.39, 0.29) is 0 Å². The first-order valence-corrected chi connectivity index (χ1v) is 8.11. The van der Waals surface area contributed by atoms with Gasteiger partial charge in [-0.15, -0.1) is 0 Å². The molecule has 3 heteroatoms. The molecule has 1 aliphatic carbocycles. The van der Waals surface area contributed by atoms with Crippen molar-refractivity contribution in [3.05, 3.63) is 23.0 Å². The minimum Gasteiger partial charge on any atom is -0.398 e. The topological polar surface area (TPSA) is 42.2 Å². The van der Waals surface area contributed by atoms with Gasteiger partial charge in [-0.1, -0.05) is 12.8 Å². The fourth-order valence-corrected chi connectivity index (χ4v) is 4.07. The molecule has 1 aromatic rings. The molecule has 2 N–H and O–H groups in total. The monoisotopic (exact) mass is 273 g/mol. The van der Waals surface area contributed by atoms with Gasteiger partial charge in [0.2, 0.25) is 0 Å². The molecule has 2 aliphatic rings. The Morgan fingerprint density at radius 2 is 1.95 bits per heavy atom. The highest BCUT2D eigenvalue weighted by atomic mass is 15.2. The number of likely N-dealkylation sites (tertiary alicyclic amines) is 1. The van der Waals surface area contributed by atoms with E-state index in [4.69, 9.17) is 5.73 Å². The predicted molar refractivity (Wildman–Crippen MR) is 83.5 cm³/mol. The van der Waals surface area contributed by atoms with Gasteiger partial charge in [0.1, 0.15) is 0 Å². The van der Waals surface area contributed by atoms with Crippen LogP contribution in [0.2, 0.25) is 0 Å². The number of aryl methyl sites for hydroxylation is 1. The number of fused-ring (bicyclic) bond motifs is 1. The zero-order valence-corrected chi connectivity index (χ0v) is 12.9. The molecule has 1 aromatic heterocycles. The smallest absolute Gasteiger partial charge is 0.0593 e. The number of anilines is 1. The lowest BCUT2D eigenvalue weighted by molar-refractivity contribution is 0.0536. The highest BCUT2D eigenvalue weighted by Crippen LogP contribution is 2.36. The van der Waals surface area contributed by atoms with Gasteiger partial charge in [0.05, 0.1) is 5.69 Å². The first-order valence-electron chi connectivity index (χ1n) is 8.11. The van der Waals surface area contributed by atoms with Gasteiger partial charge in [-0.25, -0.2) is 0 Å². The number of nitrogen functional groups attached to an aromatic ring is 1. The molecule has 0 bridgehead atoms. The number of nitrogens with zero attached hydrogens (tertiary/aromatic N) is 2. The Hall–Kier alpha value is -1.09. The van der Waals surface area contributed by atoms with Crippen molar-refractivity contribution in [2.24, 2.45) is 5.92 Å². The molecule has 2 atom stereocenters. The van der Waals surface area contributed by atoms with Gasteiger partial charge in [-0.05, 0) is 63.1 Å². The molecule has 1 saturated heterocycles. The van der Waals surface area contributed by atoms with E-state index in [1.54, 1.807) is 0 Å². The summed E-state index contributed by atoms with van der Waals surface area (Å²) in [4.78, 5) is 7.33. The molecule has 0 spiro atoms. The Bertz CT molecular complexity index is 481. The molecule has 0 amide bonds. The van der Waals surface area contributed by atoms with Crippen LogP contribution >= 0.6 is 0 Å². The maximum atomic E-state index is 6.16. The summed E-state index contributed by atoms with van der Waals surface area (Å²) in [5, 5.41) is 0. The van der Waals surface area contributed by atoms with Gasteiger partial charge in [0.15, 0.2) is 0 Å². The molecule has 3 nitrogen and oxygen atoms in total. The number of hydrogen-bond acceptors (Lipinski definition) is 3. The van der Waals surface area contributed by atoms with Crippen LogP contribution < -0.4 is 5.73 Å². The first kappa shape index (κ1) is 13.9. The summed E-state index contributed by atoms with van der Waals surface area (Å²) in [5.41, 5.74) is 10.5. The largest absolute Gasteiger partial charge is 0.398 e. The molecule has 1 saturated carbocycles. The van der Waals surface area contributed by atoms with Gasteiger partial charge < -0.3 is 5.73 Å². The van der Waals surface area contributed by atoms with Crippen LogP contribution in [0, 0.1) is 19.8 Å². The van der Waals surface area contributed by atoms with Crippen molar-refractivity contribution in [1.29, 1.82) is 0 Å². The van der Waals surface area contributed by atoms with E-state index in [0.717, 1.165) is 29.8 Å². The highest BCUT2D eigenvalue weighted by Gasteiger charge is 2.33. The Labute approximate surface area is 122 Å².